The zero-order chi connectivity index (χ0) is 25.4. The molecule has 3 rings (SSSR count). The maximum Gasteiger partial charge on any atom is 0.309 e. The molecule has 0 fully saturated rings. The molecule has 3 aromatic rings. The number of carbonyl (C=O) groups is 3. The molecule has 0 radical (unpaired) electrons. The maximum absolute atomic E-state index is 13.1. The molecule has 2 N–H and O–H groups in total. The lowest BCUT2D eigenvalue weighted by Crippen LogP contribution is -2.31. The Morgan fingerprint density at radius 3 is 2.11 bits per heavy atom. The summed E-state index contributed by atoms with van der Waals surface area (Å²) >= 11 is 6.09. The Labute approximate surface area is 206 Å². The molecule has 0 unspecified atom stereocenters. The van der Waals surface area contributed by atoms with Crippen molar-refractivity contribution in [1.82, 2.24) is 5.32 Å². The quantitative estimate of drug-likeness (QED) is 0.251. The third-order valence-corrected chi connectivity index (χ3v) is 5.27. The molecule has 0 saturated carbocycles. The van der Waals surface area contributed by atoms with E-state index in [0.717, 1.165) is 6.07 Å². The first kappa shape index (κ1) is 25.4. The lowest BCUT2D eigenvalue weighted by Gasteiger charge is -2.21. The summed E-state index contributed by atoms with van der Waals surface area (Å²) < 4.78 is 5.55. The largest absolute Gasteiger partial charge is 0.447 e. The summed E-state index contributed by atoms with van der Waals surface area (Å²) in [5.74, 6) is -1.74. The van der Waals surface area contributed by atoms with Gasteiger partial charge in [-0.1, -0.05) is 72.3 Å². The number of esters is 1. The number of hydrogen-bond donors (Lipinski definition) is 2. The standard InChI is InChI=1S/C25H22ClN3O6/c1-16(30)27-22(17-8-4-2-5-9-17)15-23(31)35-24(18-10-6-3-7-11-18)25(32)28-21-13-12-19(29(33)34)14-20(21)26/h2-14,22,24H,15H2,1H3,(H,27,30)(H,28,32)/t22-,24+/m0/s1. The van der Waals surface area contributed by atoms with Gasteiger partial charge in [-0.05, 0) is 11.6 Å². The summed E-state index contributed by atoms with van der Waals surface area (Å²) in [6, 6.07) is 20.2. The first-order valence-corrected chi connectivity index (χ1v) is 10.9. The fraction of sp³-hybridized carbons (Fsp3) is 0.160. The zero-order valence-corrected chi connectivity index (χ0v) is 19.4. The number of halogens is 1. The number of hydrogen-bond acceptors (Lipinski definition) is 6. The van der Waals surface area contributed by atoms with Crippen LogP contribution in [0.25, 0.3) is 0 Å². The first-order valence-electron chi connectivity index (χ1n) is 10.6. The second-order valence-corrected chi connectivity index (χ2v) is 7.97. The van der Waals surface area contributed by atoms with Gasteiger partial charge >= 0.3 is 5.97 Å². The molecule has 0 heterocycles. The van der Waals surface area contributed by atoms with Crippen molar-refractivity contribution in [3.63, 3.8) is 0 Å². The van der Waals surface area contributed by atoms with E-state index in [4.69, 9.17) is 16.3 Å². The van der Waals surface area contributed by atoms with Crippen LogP contribution in [0, 0.1) is 10.1 Å². The van der Waals surface area contributed by atoms with Crippen LogP contribution in [0.15, 0.2) is 78.9 Å². The number of ether oxygens (including phenoxy) is 1. The summed E-state index contributed by atoms with van der Waals surface area (Å²) in [6.45, 7) is 1.34. The highest BCUT2D eigenvalue weighted by Gasteiger charge is 2.28. The Morgan fingerprint density at radius 2 is 1.57 bits per heavy atom. The van der Waals surface area contributed by atoms with Crippen molar-refractivity contribution >= 4 is 40.8 Å². The molecule has 2 amide bonds. The Hall–Kier alpha value is -4.24. The molecular weight excluding hydrogens is 474 g/mol. The summed E-state index contributed by atoms with van der Waals surface area (Å²) in [7, 11) is 0. The highest BCUT2D eigenvalue weighted by molar-refractivity contribution is 6.34. The Morgan fingerprint density at radius 1 is 0.971 bits per heavy atom. The zero-order valence-electron chi connectivity index (χ0n) is 18.6. The van der Waals surface area contributed by atoms with Gasteiger partial charge in [-0.25, -0.2) is 0 Å². The van der Waals surface area contributed by atoms with Gasteiger partial charge in [-0.3, -0.25) is 24.5 Å². The van der Waals surface area contributed by atoms with E-state index in [1.54, 1.807) is 54.6 Å². The second-order valence-electron chi connectivity index (χ2n) is 7.56. The average molecular weight is 496 g/mol. The number of rotatable bonds is 9. The number of nitro benzene ring substituents is 1. The SMILES string of the molecule is CC(=O)N[C@@H](CC(=O)O[C@@H](C(=O)Nc1ccc([N+](=O)[O-])cc1Cl)c1ccccc1)c1ccccc1. The van der Waals surface area contributed by atoms with Gasteiger partial charge in [0.15, 0.2) is 0 Å². The third kappa shape index (κ3) is 7.12. The molecule has 0 aliphatic carbocycles. The number of non-ortho nitro benzene ring substituents is 1. The summed E-state index contributed by atoms with van der Waals surface area (Å²) in [5, 5.41) is 16.2. The molecule has 0 aliphatic heterocycles. The Kier molecular flexibility index (Phi) is 8.53. The molecule has 0 aliphatic rings. The fourth-order valence-electron chi connectivity index (χ4n) is 3.35. The van der Waals surface area contributed by atoms with E-state index in [0.29, 0.717) is 11.1 Å². The van der Waals surface area contributed by atoms with Crippen LogP contribution in [0.2, 0.25) is 5.02 Å². The molecule has 3 aromatic carbocycles. The average Bonchev–Trinajstić information content (AvgIpc) is 2.84. The Bertz CT molecular complexity index is 1220. The van der Waals surface area contributed by atoms with Gasteiger partial charge in [-0.2, -0.15) is 0 Å². The predicted octanol–water partition coefficient (Wildman–Crippen LogP) is 4.74. The van der Waals surface area contributed by atoms with Crippen LogP contribution in [0.3, 0.4) is 0 Å². The van der Waals surface area contributed by atoms with Crippen molar-refractivity contribution in [3.05, 3.63) is 105 Å². The topological polar surface area (TPSA) is 128 Å². The number of amides is 2. The second kappa shape index (κ2) is 11.8. The monoisotopic (exact) mass is 495 g/mol. The number of benzene rings is 3. The molecule has 2 atom stereocenters. The molecule has 180 valence electrons. The van der Waals surface area contributed by atoms with E-state index in [2.05, 4.69) is 10.6 Å². The van der Waals surface area contributed by atoms with Gasteiger partial charge in [0.05, 0.1) is 28.1 Å². The number of nitrogens with one attached hydrogen (secondary N) is 2. The van der Waals surface area contributed by atoms with Crippen LogP contribution in [0.4, 0.5) is 11.4 Å². The molecule has 10 heteroatoms. The Balaban J connectivity index is 1.81. The summed E-state index contributed by atoms with van der Waals surface area (Å²) in [6.07, 6.45) is -1.54. The van der Waals surface area contributed by atoms with Crippen molar-refractivity contribution in [1.29, 1.82) is 0 Å². The van der Waals surface area contributed by atoms with Gasteiger partial charge in [0.1, 0.15) is 0 Å². The number of carbonyl (C=O) groups excluding carboxylic acids is 3. The van der Waals surface area contributed by atoms with E-state index in [9.17, 15) is 24.5 Å². The molecular formula is C25H22ClN3O6. The van der Waals surface area contributed by atoms with Gasteiger partial charge < -0.3 is 15.4 Å². The normalized spacial score (nSPS) is 12.2. The van der Waals surface area contributed by atoms with E-state index in [1.807, 2.05) is 6.07 Å². The van der Waals surface area contributed by atoms with Crippen molar-refractivity contribution in [2.45, 2.75) is 25.5 Å². The highest BCUT2D eigenvalue weighted by Crippen LogP contribution is 2.29. The smallest absolute Gasteiger partial charge is 0.309 e. The molecule has 0 spiro atoms. The van der Waals surface area contributed by atoms with Crippen molar-refractivity contribution in [2.75, 3.05) is 5.32 Å². The molecule has 0 aromatic heterocycles. The summed E-state index contributed by atoms with van der Waals surface area (Å²) in [4.78, 5) is 48.0. The van der Waals surface area contributed by atoms with Crippen LogP contribution < -0.4 is 10.6 Å². The first-order chi connectivity index (χ1) is 16.7. The van der Waals surface area contributed by atoms with Crippen molar-refractivity contribution < 1.29 is 24.0 Å². The molecule has 0 saturated heterocycles. The number of nitrogens with zero attached hydrogens (tertiary/aromatic N) is 1. The van der Waals surface area contributed by atoms with Crippen molar-refractivity contribution in [3.8, 4) is 0 Å². The lowest BCUT2D eigenvalue weighted by molar-refractivity contribution is -0.384. The van der Waals surface area contributed by atoms with Crippen LogP contribution in [-0.4, -0.2) is 22.7 Å². The van der Waals surface area contributed by atoms with Crippen molar-refractivity contribution in [2.24, 2.45) is 0 Å². The minimum Gasteiger partial charge on any atom is -0.447 e. The van der Waals surface area contributed by atoms with Crippen LogP contribution in [0.5, 0.6) is 0 Å². The maximum atomic E-state index is 13.1. The molecule has 35 heavy (non-hydrogen) atoms. The summed E-state index contributed by atoms with van der Waals surface area (Å²) in [5.41, 5.74) is 1.01. The predicted molar refractivity (Wildman–Crippen MR) is 130 cm³/mol. The molecule has 0 bridgehead atoms. The van der Waals surface area contributed by atoms with E-state index < -0.39 is 28.9 Å². The number of anilines is 1. The van der Waals surface area contributed by atoms with Gasteiger partial charge in [0, 0.05) is 24.6 Å². The van der Waals surface area contributed by atoms with Gasteiger partial charge in [0.2, 0.25) is 12.0 Å². The van der Waals surface area contributed by atoms with Crippen LogP contribution in [0.1, 0.15) is 36.6 Å². The molecule has 9 nitrogen and oxygen atoms in total. The minimum absolute atomic E-state index is 0.0412. The van der Waals surface area contributed by atoms with Crippen LogP contribution in [-0.2, 0) is 19.1 Å². The van der Waals surface area contributed by atoms with Gasteiger partial charge in [-0.15, -0.1) is 0 Å². The fourth-order valence-corrected chi connectivity index (χ4v) is 3.57. The van der Waals surface area contributed by atoms with E-state index in [1.165, 1.54) is 19.1 Å². The van der Waals surface area contributed by atoms with Gasteiger partial charge in [0.25, 0.3) is 11.6 Å². The number of nitro groups is 1. The van der Waals surface area contributed by atoms with Crippen LogP contribution >= 0.6 is 11.6 Å². The highest BCUT2D eigenvalue weighted by atomic mass is 35.5. The minimum atomic E-state index is -1.33. The lowest BCUT2D eigenvalue weighted by atomic mass is 10.0. The van der Waals surface area contributed by atoms with E-state index in [-0.39, 0.29) is 28.7 Å². The third-order valence-electron chi connectivity index (χ3n) is 4.96. The van der Waals surface area contributed by atoms with E-state index >= 15 is 0 Å².